The van der Waals surface area contributed by atoms with Crippen LogP contribution in [0.1, 0.15) is 138 Å². The van der Waals surface area contributed by atoms with Gasteiger partial charge in [-0.05, 0) is 56.6 Å². The van der Waals surface area contributed by atoms with Crippen LogP contribution in [0.25, 0.3) is 0 Å². The number of carbonyl (C=O) groups is 3. The van der Waals surface area contributed by atoms with Gasteiger partial charge in [0.2, 0.25) is 0 Å². The smallest absolute Gasteiger partial charge is 0.306 e. The van der Waals surface area contributed by atoms with Crippen LogP contribution in [0.3, 0.4) is 0 Å². The number of fused-ring (bicyclic) bond motifs is 5. The highest BCUT2D eigenvalue weighted by Crippen LogP contribution is 2.76. The van der Waals surface area contributed by atoms with Crippen molar-refractivity contribution in [2.45, 2.75) is 155 Å². The van der Waals surface area contributed by atoms with Crippen molar-refractivity contribution in [3.05, 3.63) is 35.5 Å². The number of allylic oxidation sites excluding steroid dienone is 3. The number of aliphatic hydroxyl groups excluding tert-OH is 1. The van der Waals surface area contributed by atoms with Crippen molar-refractivity contribution < 1.29 is 34.1 Å². The first kappa shape index (κ1) is 37.6. The van der Waals surface area contributed by atoms with Crippen LogP contribution >= 0.6 is 0 Å². The molecule has 0 aromatic heterocycles. The highest BCUT2D eigenvalue weighted by atomic mass is 16.6. The fourth-order valence-electron chi connectivity index (χ4n) is 9.42. The molecule has 0 spiro atoms. The van der Waals surface area contributed by atoms with Crippen molar-refractivity contribution in [2.75, 3.05) is 6.61 Å². The second-order valence-corrected chi connectivity index (χ2v) is 15.6. The van der Waals surface area contributed by atoms with Crippen molar-refractivity contribution >= 4 is 17.7 Å². The summed E-state index contributed by atoms with van der Waals surface area (Å²) in [6.07, 6.45) is 23.7. The third kappa shape index (κ3) is 7.66. The zero-order valence-electron chi connectivity index (χ0n) is 30.0. The molecule has 2 fully saturated rings. The van der Waals surface area contributed by atoms with E-state index >= 15 is 0 Å². The Balaban J connectivity index is 1.27. The molecule has 7 heteroatoms. The molecule has 0 aliphatic heterocycles. The van der Waals surface area contributed by atoms with E-state index < -0.39 is 52.4 Å². The molecule has 4 aliphatic rings. The summed E-state index contributed by atoms with van der Waals surface area (Å²) in [6, 6.07) is 0. The lowest BCUT2D eigenvalue weighted by Crippen LogP contribution is -2.62. The van der Waals surface area contributed by atoms with E-state index in [2.05, 4.69) is 19.1 Å². The van der Waals surface area contributed by atoms with Crippen LogP contribution in [0.2, 0.25) is 0 Å². The molecular weight excluding hydrogens is 592 g/mol. The van der Waals surface area contributed by atoms with Gasteiger partial charge in [-0.15, -0.1) is 0 Å². The van der Waals surface area contributed by atoms with Gasteiger partial charge < -0.3 is 19.7 Å². The van der Waals surface area contributed by atoms with E-state index in [1.165, 1.54) is 58.3 Å². The fraction of sp³-hybridized carbons (Fsp3) is 0.775. The Labute approximate surface area is 283 Å². The molecular formula is C40H62O7. The number of hydrogen-bond acceptors (Lipinski definition) is 7. The first-order valence-corrected chi connectivity index (χ1v) is 18.7. The fourth-order valence-corrected chi connectivity index (χ4v) is 9.42. The van der Waals surface area contributed by atoms with Crippen LogP contribution < -0.4 is 0 Å². The summed E-state index contributed by atoms with van der Waals surface area (Å²) < 4.78 is 11.6. The maximum Gasteiger partial charge on any atom is 0.306 e. The van der Waals surface area contributed by atoms with Crippen LogP contribution in [0.5, 0.6) is 0 Å². The number of aliphatic hydroxyl groups is 2. The predicted octanol–water partition coefficient (Wildman–Crippen LogP) is 7.97. The van der Waals surface area contributed by atoms with Crippen molar-refractivity contribution in [3.63, 3.8) is 0 Å². The van der Waals surface area contributed by atoms with Crippen molar-refractivity contribution in [1.29, 1.82) is 0 Å². The molecule has 264 valence electrons. The number of ketones is 1. The summed E-state index contributed by atoms with van der Waals surface area (Å²) in [4.78, 5) is 38.3. The topological polar surface area (TPSA) is 110 Å². The highest BCUT2D eigenvalue weighted by Gasteiger charge is 2.86. The zero-order chi connectivity index (χ0) is 34.4. The van der Waals surface area contributed by atoms with Gasteiger partial charge in [0, 0.05) is 48.3 Å². The SMILES string of the molecule is CCCCCCCC/C=C\CCCCCCCC(=O)OCC1=C[C@H]2[C@@H]3C(C)(C)[C@]3(OC(C)=O)[C@H](O)[C@@H](C)[C@]2(O)[C@H]2C=C(C)C(=O)[C@H]2C1. The van der Waals surface area contributed by atoms with Crippen molar-refractivity contribution in [2.24, 2.45) is 35.0 Å². The van der Waals surface area contributed by atoms with Crippen LogP contribution in [-0.4, -0.2) is 51.8 Å². The summed E-state index contributed by atoms with van der Waals surface area (Å²) in [7, 11) is 0. The Hall–Kier alpha value is -2.25. The number of esters is 2. The van der Waals surface area contributed by atoms with Gasteiger partial charge in [0.25, 0.3) is 0 Å². The molecule has 0 radical (unpaired) electrons. The van der Waals surface area contributed by atoms with Gasteiger partial charge in [0.05, 0.1) is 11.7 Å². The number of hydrogen-bond donors (Lipinski definition) is 2. The molecule has 0 heterocycles. The molecule has 7 nitrogen and oxygen atoms in total. The average Bonchev–Trinajstić information content (AvgIpc) is 3.42. The van der Waals surface area contributed by atoms with Gasteiger partial charge in [-0.3, -0.25) is 14.4 Å². The maximum atomic E-state index is 13.3. The summed E-state index contributed by atoms with van der Waals surface area (Å²) in [6.45, 7) is 11.2. The number of Topliss-reactive ketones (excluding diaryl/α,β-unsaturated/α-hetero) is 1. The van der Waals surface area contributed by atoms with E-state index in [1.54, 1.807) is 13.8 Å². The standard InChI is InChI=1S/C40H62O7/c1-7-8-9-10-11-12-13-14-15-16-17-18-19-20-21-22-34(42)46-26-30-24-31-32(23-27(2)35(31)43)39(45)28(3)37(44)40(47-29(4)41)36(33(39)25-30)38(40,5)6/h14-15,23,25,28,31-33,36-37,44-45H,7-13,16-22,24,26H2,1-6H3/b15-14-/t28-,31+,32+,33+,36-,37-,39+,40-/m1/s1. The molecule has 8 atom stereocenters. The lowest BCUT2D eigenvalue weighted by atomic mass is 9.60. The summed E-state index contributed by atoms with van der Waals surface area (Å²) in [5.41, 5.74) is -1.72. The lowest BCUT2D eigenvalue weighted by molar-refractivity contribution is -0.207. The molecule has 0 amide bonds. The minimum absolute atomic E-state index is 0.0110. The maximum absolute atomic E-state index is 13.3. The molecule has 4 rings (SSSR count). The van der Waals surface area contributed by atoms with Crippen LogP contribution in [0, 0.1) is 35.0 Å². The van der Waals surface area contributed by atoms with E-state index in [0.717, 1.165) is 37.7 Å². The molecule has 0 bridgehead atoms. The number of unbranched alkanes of at least 4 members (excludes halogenated alkanes) is 11. The highest BCUT2D eigenvalue weighted by molar-refractivity contribution is 6.00. The largest absolute Gasteiger partial charge is 0.461 e. The molecule has 0 aromatic carbocycles. The Morgan fingerprint density at radius 3 is 2.15 bits per heavy atom. The number of carbonyl (C=O) groups excluding carboxylic acids is 3. The van der Waals surface area contributed by atoms with Crippen LogP contribution in [0.4, 0.5) is 0 Å². The molecule has 47 heavy (non-hydrogen) atoms. The Kier molecular flexibility index (Phi) is 12.8. The molecule has 0 saturated heterocycles. The quantitative estimate of drug-likeness (QED) is 0.0876. The van der Waals surface area contributed by atoms with Gasteiger partial charge in [-0.2, -0.15) is 0 Å². The van der Waals surface area contributed by atoms with Gasteiger partial charge in [-0.1, -0.05) is 103 Å². The molecule has 4 aliphatic carbocycles. The number of rotatable bonds is 18. The minimum Gasteiger partial charge on any atom is -0.461 e. The van der Waals surface area contributed by atoms with Gasteiger partial charge in [0.15, 0.2) is 5.78 Å². The first-order chi connectivity index (χ1) is 22.3. The number of ether oxygens (including phenoxy) is 2. The molecule has 0 unspecified atom stereocenters. The van der Waals surface area contributed by atoms with Gasteiger partial charge >= 0.3 is 11.9 Å². The van der Waals surface area contributed by atoms with E-state index in [9.17, 15) is 24.6 Å². The monoisotopic (exact) mass is 654 g/mol. The van der Waals surface area contributed by atoms with Gasteiger partial charge in [0.1, 0.15) is 12.2 Å². The lowest BCUT2D eigenvalue weighted by Gasteiger charge is -2.51. The van der Waals surface area contributed by atoms with Crippen LogP contribution in [-0.2, 0) is 23.9 Å². The van der Waals surface area contributed by atoms with E-state index in [4.69, 9.17) is 9.47 Å². The van der Waals surface area contributed by atoms with E-state index in [1.807, 2.05) is 26.0 Å². The summed E-state index contributed by atoms with van der Waals surface area (Å²) >= 11 is 0. The summed E-state index contributed by atoms with van der Waals surface area (Å²) in [5, 5.41) is 24.1. The Bertz CT molecular complexity index is 1210. The van der Waals surface area contributed by atoms with Crippen molar-refractivity contribution in [3.8, 4) is 0 Å². The third-order valence-corrected chi connectivity index (χ3v) is 12.1. The second-order valence-electron chi connectivity index (χ2n) is 15.6. The normalized spacial score (nSPS) is 33.7. The predicted molar refractivity (Wildman–Crippen MR) is 184 cm³/mol. The summed E-state index contributed by atoms with van der Waals surface area (Å²) in [5.74, 6) is -3.20. The van der Waals surface area contributed by atoms with Crippen molar-refractivity contribution in [1.82, 2.24) is 0 Å². The Morgan fingerprint density at radius 1 is 0.936 bits per heavy atom. The van der Waals surface area contributed by atoms with E-state index in [0.29, 0.717) is 18.4 Å². The Morgan fingerprint density at radius 2 is 1.53 bits per heavy atom. The third-order valence-electron chi connectivity index (χ3n) is 12.1. The van der Waals surface area contributed by atoms with E-state index in [-0.39, 0.29) is 24.3 Å². The molecule has 0 aromatic rings. The van der Waals surface area contributed by atoms with Crippen LogP contribution in [0.15, 0.2) is 35.5 Å². The molecule has 2 saturated carbocycles. The average molecular weight is 655 g/mol. The van der Waals surface area contributed by atoms with Gasteiger partial charge in [-0.25, -0.2) is 0 Å². The first-order valence-electron chi connectivity index (χ1n) is 18.7. The zero-order valence-corrected chi connectivity index (χ0v) is 30.0. The minimum atomic E-state index is -1.42. The second kappa shape index (κ2) is 16.0. The molecule has 2 N–H and O–H groups in total.